The summed E-state index contributed by atoms with van der Waals surface area (Å²) >= 11 is 5.87. The van der Waals surface area contributed by atoms with Crippen molar-refractivity contribution in [3.63, 3.8) is 0 Å². The Bertz CT molecular complexity index is 1020. The molecule has 0 radical (unpaired) electrons. The molecule has 0 atom stereocenters. The van der Waals surface area contributed by atoms with Gasteiger partial charge in [-0.15, -0.1) is 0 Å². The van der Waals surface area contributed by atoms with E-state index in [9.17, 15) is 18.0 Å². The molecule has 1 saturated heterocycles. The Morgan fingerprint density at radius 1 is 1.20 bits per heavy atom. The Morgan fingerprint density at radius 2 is 1.87 bits per heavy atom. The van der Waals surface area contributed by atoms with Gasteiger partial charge in [0.1, 0.15) is 0 Å². The van der Waals surface area contributed by atoms with Gasteiger partial charge in [0, 0.05) is 19.3 Å². The molecule has 3 rings (SSSR count). The maximum absolute atomic E-state index is 12.7. The highest BCUT2D eigenvalue weighted by Gasteiger charge is 2.33. The Labute approximate surface area is 180 Å². The molecule has 30 heavy (non-hydrogen) atoms. The van der Waals surface area contributed by atoms with Crippen LogP contribution in [-0.4, -0.2) is 49.3 Å². The molecule has 0 unspecified atom stereocenters. The molecule has 0 saturated carbocycles. The minimum atomic E-state index is -3.59. The van der Waals surface area contributed by atoms with Crippen molar-refractivity contribution >= 4 is 39.2 Å². The summed E-state index contributed by atoms with van der Waals surface area (Å²) < 4.78 is 31.9. The molecular weight excluding hydrogens is 430 g/mol. The predicted octanol–water partition coefficient (Wildman–Crippen LogP) is 2.63. The second-order valence-corrected chi connectivity index (χ2v) is 9.29. The van der Waals surface area contributed by atoms with Crippen molar-refractivity contribution < 1.29 is 22.7 Å². The lowest BCUT2D eigenvalue weighted by atomic mass is 9.98. The third kappa shape index (κ3) is 5.35. The smallest absolute Gasteiger partial charge is 0.309 e. The van der Waals surface area contributed by atoms with Gasteiger partial charge in [0.05, 0.1) is 16.5 Å². The first-order chi connectivity index (χ1) is 14.3. The van der Waals surface area contributed by atoms with E-state index in [1.807, 2.05) is 6.92 Å². The largest absolute Gasteiger partial charge is 0.455 e. The van der Waals surface area contributed by atoms with Crippen molar-refractivity contribution in [2.75, 3.05) is 25.0 Å². The van der Waals surface area contributed by atoms with Crippen LogP contribution in [0, 0.1) is 12.8 Å². The zero-order valence-corrected chi connectivity index (χ0v) is 17.9. The van der Waals surface area contributed by atoms with Crippen molar-refractivity contribution in [3.05, 3.63) is 53.3 Å². The first-order valence-electron chi connectivity index (χ1n) is 9.41. The molecule has 1 aliphatic heterocycles. The van der Waals surface area contributed by atoms with Crippen molar-refractivity contribution in [1.82, 2.24) is 9.29 Å². The van der Waals surface area contributed by atoms with Crippen molar-refractivity contribution in [1.29, 1.82) is 0 Å². The fourth-order valence-electron chi connectivity index (χ4n) is 3.11. The lowest BCUT2D eigenvalue weighted by molar-refractivity contribution is -0.152. The number of carbonyl (C=O) groups is 2. The molecule has 1 aliphatic rings. The second kappa shape index (κ2) is 9.55. The number of nitrogens with zero attached hydrogens (tertiary/aromatic N) is 2. The molecular formula is C20H22ClN3O5S. The number of piperidine rings is 1. The van der Waals surface area contributed by atoms with E-state index in [0.29, 0.717) is 18.5 Å². The van der Waals surface area contributed by atoms with Gasteiger partial charge in [0.15, 0.2) is 11.8 Å². The molecule has 1 N–H and O–H groups in total. The fraction of sp³-hybridized carbons (Fsp3) is 0.350. The average molecular weight is 452 g/mol. The highest BCUT2D eigenvalue weighted by Crippen LogP contribution is 2.25. The van der Waals surface area contributed by atoms with E-state index < -0.39 is 34.4 Å². The van der Waals surface area contributed by atoms with E-state index in [0.717, 1.165) is 5.56 Å². The SMILES string of the molecule is Cc1ccc(S(=O)(=O)N2CCC(C(=O)OCC(=O)Nc3cccnc3Cl)CC2)cc1. The van der Waals surface area contributed by atoms with Crippen LogP contribution in [0.5, 0.6) is 0 Å². The van der Waals surface area contributed by atoms with Crippen molar-refractivity contribution in [3.8, 4) is 0 Å². The predicted molar refractivity (Wildman–Crippen MR) is 111 cm³/mol. The number of halogens is 1. The number of aryl methyl sites for hydroxylation is 1. The molecule has 160 valence electrons. The molecule has 8 nitrogen and oxygen atoms in total. The normalized spacial score (nSPS) is 15.5. The Hall–Kier alpha value is -2.49. The van der Waals surface area contributed by atoms with Crippen LogP contribution in [0.3, 0.4) is 0 Å². The van der Waals surface area contributed by atoms with Gasteiger partial charge < -0.3 is 10.1 Å². The van der Waals surface area contributed by atoms with Crippen LogP contribution in [0.15, 0.2) is 47.5 Å². The summed E-state index contributed by atoms with van der Waals surface area (Å²) in [6, 6.07) is 9.86. The minimum absolute atomic E-state index is 0.138. The van der Waals surface area contributed by atoms with E-state index in [4.69, 9.17) is 16.3 Å². The minimum Gasteiger partial charge on any atom is -0.455 e. The van der Waals surface area contributed by atoms with Gasteiger partial charge in [-0.2, -0.15) is 4.31 Å². The summed E-state index contributed by atoms with van der Waals surface area (Å²) in [4.78, 5) is 28.3. The Morgan fingerprint density at radius 3 is 2.50 bits per heavy atom. The number of amides is 1. The summed E-state index contributed by atoms with van der Waals surface area (Å²) in [5, 5.41) is 2.66. The van der Waals surface area contributed by atoms with Crippen molar-refractivity contribution in [2.24, 2.45) is 5.92 Å². The Balaban J connectivity index is 1.48. The van der Waals surface area contributed by atoms with Gasteiger partial charge >= 0.3 is 5.97 Å². The number of benzene rings is 1. The monoisotopic (exact) mass is 451 g/mol. The molecule has 0 spiro atoms. The second-order valence-electron chi connectivity index (χ2n) is 6.99. The molecule has 0 aliphatic carbocycles. The number of pyridine rings is 1. The number of ether oxygens (including phenoxy) is 1. The zero-order chi connectivity index (χ0) is 21.7. The van der Waals surface area contributed by atoms with Crippen LogP contribution in [0.1, 0.15) is 18.4 Å². The number of anilines is 1. The van der Waals surface area contributed by atoms with Gasteiger partial charge in [-0.05, 0) is 44.0 Å². The van der Waals surface area contributed by atoms with Crippen LogP contribution in [0.2, 0.25) is 5.15 Å². The maximum atomic E-state index is 12.7. The van der Waals surface area contributed by atoms with E-state index in [-0.39, 0.29) is 23.1 Å². The lowest BCUT2D eigenvalue weighted by Gasteiger charge is -2.30. The number of rotatable bonds is 6. The highest BCUT2D eigenvalue weighted by molar-refractivity contribution is 7.89. The summed E-state index contributed by atoms with van der Waals surface area (Å²) in [5.41, 5.74) is 1.31. The molecule has 1 aromatic carbocycles. The van der Waals surface area contributed by atoms with Gasteiger partial charge in [-0.25, -0.2) is 13.4 Å². The van der Waals surface area contributed by atoms with E-state index >= 15 is 0 Å². The number of esters is 1. The van der Waals surface area contributed by atoms with Gasteiger partial charge in [0.25, 0.3) is 5.91 Å². The van der Waals surface area contributed by atoms with Gasteiger partial charge in [0.2, 0.25) is 10.0 Å². The zero-order valence-electron chi connectivity index (χ0n) is 16.4. The average Bonchev–Trinajstić information content (AvgIpc) is 2.74. The highest BCUT2D eigenvalue weighted by atomic mass is 35.5. The number of sulfonamides is 1. The summed E-state index contributed by atoms with van der Waals surface area (Å²) in [7, 11) is -3.59. The fourth-order valence-corrected chi connectivity index (χ4v) is 4.75. The summed E-state index contributed by atoms with van der Waals surface area (Å²) in [6.07, 6.45) is 2.16. The van der Waals surface area contributed by atoms with Gasteiger partial charge in [-0.1, -0.05) is 29.3 Å². The first kappa shape index (κ1) is 22.2. The van der Waals surface area contributed by atoms with Crippen LogP contribution in [0.25, 0.3) is 0 Å². The molecule has 10 heteroatoms. The third-order valence-corrected chi connectivity index (χ3v) is 7.04. The molecule has 0 bridgehead atoms. The quantitative estimate of drug-likeness (QED) is 0.534. The molecule has 1 fully saturated rings. The first-order valence-corrected chi connectivity index (χ1v) is 11.2. The summed E-state index contributed by atoms with van der Waals surface area (Å²) in [5.74, 6) is -1.50. The number of carbonyl (C=O) groups excluding carboxylic acids is 2. The lowest BCUT2D eigenvalue weighted by Crippen LogP contribution is -2.40. The van der Waals surface area contributed by atoms with E-state index in [1.54, 1.807) is 36.4 Å². The summed E-state index contributed by atoms with van der Waals surface area (Å²) in [6.45, 7) is 1.87. The van der Waals surface area contributed by atoms with Crippen LogP contribution < -0.4 is 5.32 Å². The van der Waals surface area contributed by atoms with Crippen LogP contribution in [0.4, 0.5) is 5.69 Å². The van der Waals surface area contributed by atoms with Crippen molar-refractivity contribution in [2.45, 2.75) is 24.7 Å². The molecule has 1 amide bonds. The number of aromatic nitrogens is 1. The van der Waals surface area contributed by atoms with Crippen LogP contribution in [-0.2, 0) is 24.3 Å². The molecule has 2 heterocycles. The topological polar surface area (TPSA) is 106 Å². The number of hydrogen-bond acceptors (Lipinski definition) is 6. The Kier molecular flexibility index (Phi) is 7.06. The standard InChI is InChI=1S/C20H22ClN3O5S/c1-14-4-6-16(7-5-14)30(27,28)24-11-8-15(9-12-24)20(26)29-13-18(25)23-17-3-2-10-22-19(17)21/h2-7,10,15H,8-9,11-13H2,1H3,(H,23,25). The van der Waals surface area contributed by atoms with E-state index in [1.165, 1.54) is 10.5 Å². The maximum Gasteiger partial charge on any atom is 0.309 e. The molecule has 1 aromatic heterocycles. The van der Waals surface area contributed by atoms with Crippen LogP contribution >= 0.6 is 11.6 Å². The van der Waals surface area contributed by atoms with Gasteiger partial charge in [-0.3, -0.25) is 9.59 Å². The third-order valence-electron chi connectivity index (χ3n) is 4.82. The number of hydrogen-bond donors (Lipinski definition) is 1. The number of nitrogens with one attached hydrogen (secondary N) is 1. The molecule has 2 aromatic rings. The van der Waals surface area contributed by atoms with E-state index in [2.05, 4.69) is 10.3 Å².